The smallest absolute Gasteiger partial charge is 0.139 e. The predicted octanol–water partition coefficient (Wildman–Crippen LogP) is 1.68. The van der Waals surface area contributed by atoms with Gasteiger partial charge in [-0.05, 0) is 44.1 Å². The van der Waals surface area contributed by atoms with Gasteiger partial charge in [-0.15, -0.1) is 0 Å². The van der Waals surface area contributed by atoms with Crippen LogP contribution in [0.5, 0.6) is 0 Å². The van der Waals surface area contributed by atoms with Crippen LogP contribution < -0.4 is 11.1 Å². The minimum atomic E-state index is 0.335. The van der Waals surface area contributed by atoms with Gasteiger partial charge < -0.3 is 16.3 Å². The second kappa shape index (κ2) is 5.95. The van der Waals surface area contributed by atoms with Crippen LogP contribution in [0.15, 0.2) is 5.16 Å². The maximum absolute atomic E-state index is 8.33. The second-order valence-electron chi connectivity index (χ2n) is 4.58. The number of hydrogen-bond acceptors (Lipinski definition) is 3. The average molecular weight is 213 g/mol. The molecule has 0 aromatic heterocycles. The lowest BCUT2D eigenvalue weighted by molar-refractivity contribution is 0.316. The fourth-order valence-corrected chi connectivity index (χ4v) is 1.79. The Labute approximate surface area is 91.9 Å². The van der Waals surface area contributed by atoms with E-state index >= 15 is 0 Å². The monoisotopic (exact) mass is 213 g/mol. The minimum absolute atomic E-state index is 0.335. The zero-order chi connectivity index (χ0) is 11.1. The van der Waals surface area contributed by atoms with Crippen molar-refractivity contribution in [1.29, 1.82) is 0 Å². The van der Waals surface area contributed by atoms with Gasteiger partial charge in [0.25, 0.3) is 0 Å². The Morgan fingerprint density at radius 2 is 2.20 bits per heavy atom. The number of hydrogen-bond donors (Lipinski definition) is 3. The Morgan fingerprint density at radius 1 is 1.47 bits per heavy atom. The highest BCUT2D eigenvalue weighted by molar-refractivity contribution is 5.79. The first kappa shape index (κ1) is 12.3. The number of unbranched alkanes of at least 4 members (excludes halogenated alkanes) is 1. The lowest BCUT2D eigenvalue weighted by Gasteiger charge is -2.12. The molecule has 0 aliphatic heterocycles. The maximum Gasteiger partial charge on any atom is 0.139 e. The van der Waals surface area contributed by atoms with Crippen molar-refractivity contribution in [1.82, 2.24) is 5.32 Å². The molecule has 0 spiro atoms. The van der Waals surface area contributed by atoms with E-state index in [9.17, 15) is 0 Å². The normalized spacial score (nSPS) is 19.1. The Hall–Kier alpha value is -0.770. The highest BCUT2D eigenvalue weighted by Crippen LogP contribution is 2.47. The molecule has 0 saturated heterocycles. The summed E-state index contributed by atoms with van der Waals surface area (Å²) in [5, 5.41) is 14.8. The first-order chi connectivity index (χ1) is 7.22. The van der Waals surface area contributed by atoms with Gasteiger partial charge in [-0.25, -0.2) is 0 Å². The third-order valence-corrected chi connectivity index (χ3v) is 3.37. The molecule has 15 heavy (non-hydrogen) atoms. The molecule has 0 aromatic rings. The Balaban J connectivity index is 1.89. The molecule has 0 aromatic carbocycles. The molecule has 1 fully saturated rings. The predicted molar refractivity (Wildman–Crippen MR) is 62.1 cm³/mol. The number of rotatable bonds is 8. The molecular formula is C11H23N3O. The van der Waals surface area contributed by atoms with E-state index in [1.54, 1.807) is 0 Å². The van der Waals surface area contributed by atoms with Crippen LogP contribution in [0.4, 0.5) is 0 Å². The van der Waals surface area contributed by atoms with Crippen molar-refractivity contribution in [2.24, 2.45) is 16.3 Å². The molecule has 4 heteroatoms. The summed E-state index contributed by atoms with van der Waals surface area (Å²) in [4.78, 5) is 0. The van der Waals surface area contributed by atoms with Crippen LogP contribution in [0.25, 0.3) is 0 Å². The average Bonchev–Trinajstić information content (AvgIpc) is 3.03. The van der Waals surface area contributed by atoms with Gasteiger partial charge in [-0.3, -0.25) is 0 Å². The Morgan fingerprint density at radius 3 is 2.73 bits per heavy atom. The summed E-state index contributed by atoms with van der Waals surface area (Å²) >= 11 is 0. The molecule has 1 rings (SSSR count). The van der Waals surface area contributed by atoms with E-state index in [-0.39, 0.29) is 0 Å². The number of nitrogens with zero attached hydrogens (tertiary/aromatic N) is 1. The summed E-state index contributed by atoms with van der Waals surface area (Å²) < 4.78 is 0. The van der Waals surface area contributed by atoms with Crippen molar-refractivity contribution in [3.05, 3.63) is 0 Å². The van der Waals surface area contributed by atoms with Crippen LogP contribution in [-0.2, 0) is 0 Å². The number of nitrogens with one attached hydrogen (secondary N) is 1. The van der Waals surface area contributed by atoms with Crippen LogP contribution in [-0.4, -0.2) is 24.1 Å². The van der Waals surface area contributed by atoms with Gasteiger partial charge in [-0.2, -0.15) is 0 Å². The number of nitrogens with two attached hydrogens (primary N) is 1. The molecule has 1 aliphatic carbocycles. The summed E-state index contributed by atoms with van der Waals surface area (Å²) in [6.07, 6.45) is 6.85. The van der Waals surface area contributed by atoms with Crippen molar-refractivity contribution in [2.75, 3.05) is 13.1 Å². The second-order valence-corrected chi connectivity index (χ2v) is 4.58. The Bertz CT molecular complexity index is 212. The van der Waals surface area contributed by atoms with E-state index < -0.39 is 0 Å². The summed E-state index contributed by atoms with van der Waals surface area (Å²) in [7, 11) is 0. The highest BCUT2D eigenvalue weighted by Gasteiger charge is 2.39. The highest BCUT2D eigenvalue weighted by atomic mass is 16.4. The van der Waals surface area contributed by atoms with Crippen LogP contribution >= 0.6 is 0 Å². The van der Waals surface area contributed by atoms with E-state index in [2.05, 4.69) is 17.4 Å². The van der Waals surface area contributed by atoms with E-state index in [0.717, 1.165) is 25.9 Å². The van der Waals surface area contributed by atoms with E-state index in [0.29, 0.717) is 17.7 Å². The van der Waals surface area contributed by atoms with E-state index in [1.807, 2.05) is 0 Å². The fraction of sp³-hybridized carbons (Fsp3) is 0.909. The van der Waals surface area contributed by atoms with E-state index in [1.165, 1.54) is 19.3 Å². The first-order valence-electron chi connectivity index (χ1n) is 5.89. The molecular weight excluding hydrogens is 190 g/mol. The first-order valence-corrected chi connectivity index (χ1v) is 5.89. The SMILES string of the molecule is CCC1(CNCCCCC(N)=NO)CC1. The molecule has 0 amide bonds. The van der Waals surface area contributed by atoms with Gasteiger partial charge in [0, 0.05) is 13.0 Å². The van der Waals surface area contributed by atoms with Crippen molar-refractivity contribution >= 4 is 5.84 Å². The van der Waals surface area contributed by atoms with Gasteiger partial charge in [0.05, 0.1) is 0 Å². The van der Waals surface area contributed by atoms with Crippen LogP contribution in [0.1, 0.15) is 45.4 Å². The molecule has 4 nitrogen and oxygen atoms in total. The zero-order valence-electron chi connectivity index (χ0n) is 9.63. The van der Waals surface area contributed by atoms with Gasteiger partial charge >= 0.3 is 0 Å². The molecule has 0 atom stereocenters. The topological polar surface area (TPSA) is 70.6 Å². The molecule has 4 N–H and O–H groups in total. The fourth-order valence-electron chi connectivity index (χ4n) is 1.79. The molecule has 1 saturated carbocycles. The van der Waals surface area contributed by atoms with Crippen molar-refractivity contribution < 1.29 is 5.21 Å². The van der Waals surface area contributed by atoms with Crippen molar-refractivity contribution in [3.63, 3.8) is 0 Å². The molecule has 0 bridgehead atoms. The minimum Gasteiger partial charge on any atom is -0.409 e. The van der Waals surface area contributed by atoms with Gasteiger partial charge in [0.15, 0.2) is 0 Å². The molecule has 0 heterocycles. The summed E-state index contributed by atoms with van der Waals surface area (Å²) in [6.45, 7) is 4.47. The van der Waals surface area contributed by atoms with Crippen LogP contribution in [0, 0.1) is 5.41 Å². The quantitative estimate of drug-likeness (QED) is 0.189. The molecule has 1 aliphatic rings. The van der Waals surface area contributed by atoms with Crippen molar-refractivity contribution in [3.8, 4) is 0 Å². The molecule has 0 unspecified atom stereocenters. The summed E-state index contributed by atoms with van der Waals surface area (Å²) in [5.74, 6) is 0.335. The van der Waals surface area contributed by atoms with Crippen LogP contribution in [0.3, 0.4) is 0 Å². The summed E-state index contributed by atoms with van der Waals surface area (Å²) in [5.41, 5.74) is 6.00. The number of amidine groups is 1. The van der Waals surface area contributed by atoms with Gasteiger partial charge in [0.2, 0.25) is 0 Å². The third kappa shape index (κ3) is 4.51. The lowest BCUT2D eigenvalue weighted by atomic mass is 10.0. The maximum atomic E-state index is 8.33. The van der Waals surface area contributed by atoms with Crippen molar-refractivity contribution in [2.45, 2.75) is 45.4 Å². The summed E-state index contributed by atoms with van der Waals surface area (Å²) in [6, 6.07) is 0. The van der Waals surface area contributed by atoms with Gasteiger partial charge in [-0.1, -0.05) is 12.1 Å². The number of oxime groups is 1. The lowest BCUT2D eigenvalue weighted by Crippen LogP contribution is -2.24. The molecule has 88 valence electrons. The largest absolute Gasteiger partial charge is 0.409 e. The molecule has 0 radical (unpaired) electrons. The zero-order valence-corrected chi connectivity index (χ0v) is 9.63. The third-order valence-electron chi connectivity index (χ3n) is 3.37. The van der Waals surface area contributed by atoms with Gasteiger partial charge in [0.1, 0.15) is 5.84 Å². The van der Waals surface area contributed by atoms with Crippen LogP contribution in [0.2, 0.25) is 0 Å². The van der Waals surface area contributed by atoms with E-state index in [4.69, 9.17) is 10.9 Å². The Kier molecular flexibility index (Phi) is 4.88. The standard InChI is InChI=1S/C11H23N3O/c1-2-11(6-7-11)9-13-8-4-3-5-10(12)14-15/h13,15H,2-9H2,1H3,(H2,12,14).